The zero-order valence-electron chi connectivity index (χ0n) is 15.6. The van der Waals surface area contributed by atoms with E-state index in [1.54, 1.807) is 6.92 Å². The lowest BCUT2D eigenvalue weighted by molar-refractivity contribution is -0.145. The smallest absolute Gasteiger partial charge is 0.406 e. The maximum atomic E-state index is 12.9. The third kappa shape index (κ3) is 3.84. The molecule has 1 aromatic rings. The van der Waals surface area contributed by atoms with Crippen molar-refractivity contribution >= 4 is 19.5 Å². The molecule has 2 fully saturated rings. The number of nitrogens with one attached hydrogen (secondary N) is 1. The Bertz CT molecular complexity index is 859. The van der Waals surface area contributed by atoms with Crippen LogP contribution in [0.15, 0.2) is 17.1 Å². The molecule has 1 aromatic heterocycles. The van der Waals surface area contributed by atoms with Gasteiger partial charge in [0.2, 0.25) is 0 Å². The number of carbonyl (C=O) groups excluding carboxylic acids is 1. The number of rotatable bonds is 5. The maximum Gasteiger partial charge on any atom is 0.406 e. The first-order valence-electron chi connectivity index (χ1n) is 8.67. The van der Waals surface area contributed by atoms with Crippen LogP contribution in [0.25, 0.3) is 0 Å². The lowest BCUT2D eigenvalue weighted by Crippen LogP contribution is -2.50. The summed E-state index contributed by atoms with van der Waals surface area (Å²) in [6.45, 7) is 4.45. The minimum atomic E-state index is -3.95. The highest BCUT2D eigenvalue weighted by atomic mass is 31.2. The van der Waals surface area contributed by atoms with Gasteiger partial charge in [0.1, 0.15) is 29.7 Å². The quantitative estimate of drug-likeness (QED) is 0.418. The number of ether oxygens (including phenoxy) is 2. The second-order valence-electron chi connectivity index (χ2n) is 6.72. The number of nitrogens with zero attached hydrogens (tertiary/aromatic N) is 2. The van der Waals surface area contributed by atoms with E-state index < -0.39 is 49.5 Å². The molecular formula is C15H23N4O8P. The van der Waals surface area contributed by atoms with Crippen LogP contribution in [0, 0.1) is 0 Å². The van der Waals surface area contributed by atoms with Crippen LogP contribution in [0.1, 0.15) is 27.0 Å². The van der Waals surface area contributed by atoms with Gasteiger partial charge in [-0.2, -0.15) is 4.98 Å². The van der Waals surface area contributed by atoms with Crippen molar-refractivity contribution in [2.45, 2.75) is 50.8 Å². The average Bonchev–Trinajstić information content (AvgIpc) is 2.85. The molecule has 0 aliphatic carbocycles. The molecule has 0 spiro atoms. The number of aliphatic hydroxyl groups is 1. The molecule has 13 heteroatoms. The van der Waals surface area contributed by atoms with E-state index in [9.17, 15) is 19.3 Å². The van der Waals surface area contributed by atoms with Gasteiger partial charge in [0, 0.05) is 6.20 Å². The molecule has 2 unspecified atom stereocenters. The lowest BCUT2D eigenvalue weighted by atomic mass is 9.96. The summed E-state index contributed by atoms with van der Waals surface area (Å²) in [4.78, 5) is 27.5. The van der Waals surface area contributed by atoms with Gasteiger partial charge in [0.15, 0.2) is 6.23 Å². The molecule has 2 saturated heterocycles. The summed E-state index contributed by atoms with van der Waals surface area (Å²) < 4.78 is 35.3. The number of carbonyl (C=O) groups is 1. The standard InChI is InChI=1S/C15H23N4O8P/c1-4-24-12(20)8(2)18-28(23)25-7-9-11(27-28)15(3,22)13(26-9)19-6-5-10(16)17-14(19)21/h5-6,8-9,11,13,22H,4,7H2,1-3H3,(H,18,23)(H2,16,17,21)/t8-,9+,11+,13?,15+,28?/m0/s1. The number of hydrogen-bond acceptors (Lipinski definition) is 10. The molecule has 28 heavy (non-hydrogen) atoms. The van der Waals surface area contributed by atoms with Crippen molar-refractivity contribution in [2.24, 2.45) is 0 Å². The third-order valence-corrected chi connectivity index (χ3v) is 6.17. The van der Waals surface area contributed by atoms with Crippen LogP contribution in [0.4, 0.5) is 5.82 Å². The molecule has 12 nitrogen and oxygen atoms in total. The Morgan fingerprint density at radius 3 is 3.00 bits per heavy atom. The van der Waals surface area contributed by atoms with Crippen LogP contribution in [0.2, 0.25) is 0 Å². The first-order chi connectivity index (χ1) is 13.1. The molecule has 0 amide bonds. The number of nitrogens with two attached hydrogens (primary N) is 1. The fourth-order valence-electron chi connectivity index (χ4n) is 3.12. The zero-order chi connectivity index (χ0) is 20.7. The van der Waals surface area contributed by atoms with Crippen molar-refractivity contribution in [2.75, 3.05) is 18.9 Å². The van der Waals surface area contributed by atoms with E-state index in [4.69, 9.17) is 24.3 Å². The highest BCUT2D eigenvalue weighted by Crippen LogP contribution is 2.55. The van der Waals surface area contributed by atoms with Gasteiger partial charge >= 0.3 is 19.4 Å². The van der Waals surface area contributed by atoms with Crippen LogP contribution in [0.5, 0.6) is 0 Å². The molecule has 2 aliphatic rings. The van der Waals surface area contributed by atoms with Gasteiger partial charge in [-0.05, 0) is 26.8 Å². The maximum absolute atomic E-state index is 12.9. The number of aromatic nitrogens is 2. The second-order valence-corrected chi connectivity index (χ2v) is 8.44. The van der Waals surface area contributed by atoms with Crippen molar-refractivity contribution in [1.29, 1.82) is 0 Å². The largest absolute Gasteiger partial charge is 0.465 e. The zero-order valence-corrected chi connectivity index (χ0v) is 16.5. The van der Waals surface area contributed by atoms with E-state index in [0.29, 0.717) is 0 Å². The molecule has 156 valence electrons. The Hall–Kier alpha value is -1.82. The van der Waals surface area contributed by atoms with Gasteiger partial charge in [-0.1, -0.05) is 0 Å². The summed E-state index contributed by atoms with van der Waals surface area (Å²) in [5.74, 6) is -0.601. The highest BCUT2D eigenvalue weighted by Gasteiger charge is 2.60. The Kier molecular flexibility index (Phi) is 5.63. The van der Waals surface area contributed by atoms with E-state index in [1.165, 1.54) is 26.1 Å². The van der Waals surface area contributed by atoms with E-state index in [2.05, 4.69) is 10.1 Å². The minimum Gasteiger partial charge on any atom is -0.465 e. The van der Waals surface area contributed by atoms with Crippen LogP contribution < -0.4 is 16.5 Å². The van der Waals surface area contributed by atoms with Crippen molar-refractivity contribution in [1.82, 2.24) is 14.6 Å². The van der Waals surface area contributed by atoms with Gasteiger partial charge in [-0.15, -0.1) is 0 Å². The van der Waals surface area contributed by atoms with Crippen molar-refractivity contribution in [3.63, 3.8) is 0 Å². The van der Waals surface area contributed by atoms with E-state index >= 15 is 0 Å². The van der Waals surface area contributed by atoms with Gasteiger partial charge in [-0.3, -0.25) is 18.4 Å². The highest BCUT2D eigenvalue weighted by molar-refractivity contribution is 7.51. The Morgan fingerprint density at radius 1 is 1.64 bits per heavy atom. The Labute approximate surface area is 160 Å². The second kappa shape index (κ2) is 7.54. The first kappa shape index (κ1) is 20.9. The molecule has 4 N–H and O–H groups in total. The summed E-state index contributed by atoms with van der Waals surface area (Å²) >= 11 is 0. The molecule has 3 heterocycles. The first-order valence-corrected chi connectivity index (χ1v) is 10.2. The van der Waals surface area contributed by atoms with Crippen LogP contribution in [-0.2, 0) is 27.9 Å². The van der Waals surface area contributed by atoms with Crippen LogP contribution in [0.3, 0.4) is 0 Å². The molecule has 2 aliphatic heterocycles. The fourth-order valence-corrected chi connectivity index (χ4v) is 4.89. The number of nitrogen functional groups attached to an aromatic ring is 1. The van der Waals surface area contributed by atoms with Gasteiger partial charge in [-0.25, -0.2) is 14.4 Å². The number of hydrogen-bond donors (Lipinski definition) is 3. The minimum absolute atomic E-state index is 0.0255. The molecule has 3 rings (SSSR count). The summed E-state index contributed by atoms with van der Waals surface area (Å²) in [6.07, 6.45) is -1.72. The van der Waals surface area contributed by atoms with E-state index in [1.807, 2.05) is 0 Å². The van der Waals surface area contributed by atoms with Gasteiger partial charge < -0.3 is 20.3 Å². The monoisotopic (exact) mass is 418 g/mol. The molecule has 0 aromatic carbocycles. The van der Waals surface area contributed by atoms with Crippen molar-refractivity contribution in [3.05, 3.63) is 22.7 Å². The fraction of sp³-hybridized carbons (Fsp3) is 0.667. The van der Waals surface area contributed by atoms with Crippen LogP contribution >= 0.6 is 7.75 Å². The predicted molar refractivity (Wildman–Crippen MR) is 95.1 cm³/mol. The summed E-state index contributed by atoms with van der Waals surface area (Å²) in [5, 5.41) is 13.5. The summed E-state index contributed by atoms with van der Waals surface area (Å²) in [5.41, 5.74) is 3.01. The number of esters is 1. The number of anilines is 1. The molecule has 0 radical (unpaired) electrons. The Balaban J connectivity index is 1.80. The molecule has 0 bridgehead atoms. The third-order valence-electron chi connectivity index (χ3n) is 4.47. The van der Waals surface area contributed by atoms with Crippen LogP contribution in [-0.4, -0.2) is 57.7 Å². The lowest BCUT2D eigenvalue weighted by Gasteiger charge is -2.36. The predicted octanol–water partition coefficient (Wildman–Crippen LogP) is -0.461. The molecule has 0 saturated carbocycles. The summed E-state index contributed by atoms with van der Waals surface area (Å²) in [6, 6.07) is 0.419. The van der Waals surface area contributed by atoms with Gasteiger partial charge in [0.25, 0.3) is 0 Å². The Morgan fingerprint density at radius 2 is 2.36 bits per heavy atom. The molecule has 6 atom stereocenters. The number of fused-ring (bicyclic) bond motifs is 1. The average molecular weight is 418 g/mol. The topological polar surface area (TPSA) is 164 Å². The summed E-state index contributed by atoms with van der Waals surface area (Å²) in [7, 11) is -3.95. The van der Waals surface area contributed by atoms with Crippen molar-refractivity contribution in [3.8, 4) is 0 Å². The van der Waals surface area contributed by atoms with Gasteiger partial charge in [0.05, 0.1) is 13.2 Å². The molecular weight excluding hydrogens is 395 g/mol. The van der Waals surface area contributed by atoms with Crippen molar-refractivity contribution < 1.29 is 33.0 Å². The normalized spacial score (nSPS) is 35.9. The van der Waals surface area contributed by atoms with E-state index in [-0.39, 0.29) is 19.0 Å². The SMILES string of the molecule is CCOC(=O)[C@H](C)NP1(=O)OC[C@H]2OC(n3ccc(N)nc3=O)[C@](C)(O)[C@@H]2O1. The van der Waals surface area contributed by atoms with E-state index in [0.717, 1.165) is 4.57 Å².